The molecule has 0 atom stereocenters. The summed E-state index contributed by atoms with van der Waals surface area (Å²) in [5.41, 5.74) is 13.0. The summed E-state index contributed by atoms with van der Waals surface area (Å²) >= 11 is 3.52. The van der Waals surface area contributed by atoms with Gasteiger partial charge in [-0.05, 0) is 193 Å². The van der Waals surface area contributed by atoms with Gasteiger partial charge in [-0.3, -0.25) is 15.0 Å². The number of pyridine rings is 3. The topological polar surface area (TPSA) is 118 Å². The Balaban J connectivity index is 0.000000344. The summed E-state index contributed by atoms with van der Waals surface area (Å²) in [7, 11) is 7.98. The number of fused-ring (bicyclic) bond motifs is 1. The highest BCUT2D eigenvalue weighted by Gasteiger charge is 2.31. The van der Waals surface area contributed by atoms with Gasteiger partial charge in [0.15, 0.2) is 0 Å². The minimum absolute atomic E-state index is 0.239. The highest BCUT2D eigenvalue weighted by molar-refractivity contribution is 7.09. The van der Waals surface area contributed by atoms with Crippen molar-refractivity contribution in [3.63, 3.8) is 0 Å². The molecule has 0 saturated heterocycles. The number of nitriles is 1. The lowest BCUT2D eigenvalue weighted by Crippen LogP contribution is -2.17. The number of para-hydroxylation sites is 1. The van der Waals surface area contributed by atoms with Crippen LogP contribution in [0.3, 0.4) is 0 Å². The number of methoxy groups -OCH3 is 5. The van der Waals surface area contributed by atoms with Gasteiger partial charge in [0.2, 0.25) is 0 Å². The predicted molar refractivity (Wildman–Crippen MR) is 367 cm³/mol. The van der Waals surface area contributed by atoms with E-state index in [1.165, 1.54) is 69.8 Å². The molecule has 0 unspecified atom stereocenters. The molecular formula is C75H85F3N4O6S2. The molecule has 6 aromatic carbocycles. The summed E-state index contributed by atoms with van der Waals surface area (Å²) in [6.07, 6.45) is 0.733. The smallest absolute Gasteiger partial charge is 0.497 e. The van der Waals surface area contributed by atoms with E-state index >= 15 is 0 Å². The van der Waals surface area contributed by atoms with E-state index in [0.717, 1.165) is 51.0 Å². The van der Waals surface area contributed by atoms with E-state index < -0.39 is 6.36 Å². The van der Waals surface area contributed by atoms with Crippen LogP contribution in [0.15, 0.2) is 223 Å². The van der Waals surface area contributed by atoms with E-state index in [0.29, 0.717) is 11.3 Å². The van der Waals surface area contributed by atoms with Crippen molar-refractivity contribution in [3.8, 4) is 40.6 Å². The summed E-state index contributed by atoms with van der Waals surface area (Å²) in [5, 5.41) is 15.9. The lowest BCUT2D eigenvalue weighted by atomic mass is 10.1. The summed E-state index contributed by atoms with van der Waals surface area (Å²) in [6.45, 7) is 21.9. The largest absolute Gasteiger partial charge is 0.573 e. The summed E-state index contributed by atoms with van der Waals surface area (Å²) in [6, 6.07) is 62.2. The molecule has 0 amide bonds. The van der Waals surface area contributed by atoms with Gasteiger partial charge >= 0.3 is 6.36 Å². The van der Waals surface area contributed by atoms with Crippen molar-refractivity contribution in [3.05, 3.63) is 289 Å². The van der Waals surface area contributed by atoms with Crippen molar-refractivity contribution in [2.45, 2.75) is 82.5 Å². The Bertz CT molecular complexity index is 3550. The van der Waals surface area contributed by atoms with Crippen LogP contribution in [-0.4, -0.2) is 56.9 Å². The molecule has 15 heteroatoms. The second-order valence-corrected chi connectivity index (χ2v) is 21.6. The number of thiophene rings is 2. The van der Waals surface area contributed by atoms with Crippen LogP contribution in [0.5, 0.6) is 34.5 Å². The molecule has 0 radical (unpaired) electrons. The third-order valence-electron chi connectivity index (χ3n) is 12.0. The summed E-state index contributed by atoms with van der Waals surface area (Å²) in [4.78, 5) is 13.8. The fourth-order valence-electron chi connectivity index (χ4n) is 6.77. The van der Waals surface area contributed by atoms with Crippen LogP contribution in [0.2, 0.25) is 0 Å². The predicted octanol–water partition coefficient (Wildman–Crippen LogP) is 20.5. The Morgan fingerprint density at radius 3 is 1.32 bits per heavy atom. The summed E-state index contributed by atoms with van der Waals surface area (Å²) < 4.78 is 64.3. The maximum Gasteiger partial charge on any atom is 0.573 e. The van der Waals surface area contributed by atoms with Crippen LogP contribution in [0.25, 0.3) is 10.9 Å². The molecule has 0 saturated carbocycles. The number of halogens is 3. The van der Waals surface area contributed by atoms with Crippen molar-refractivity contribution < 1.29 is 41.6 Å². The van der Waals surface area contributed by atoms with Crippen molar-refractivity contribution in [2.24, 2.45) is 0 Å². The quantitative estimate of drug-likeness (QED) is 0.159. The molecule has 5 aromatic heterocycles. The van der Waals surface area contributed by atoms with Gasteiger partial charge in [0.05, 0.1) is 58.9 Å². The molecule has 11 aromatic rings. The highest BCUT2D eigenvalue weighted by atomic mass is 32.1. The molecule has 11 rings (SSSR count). The third kappa shape index (κ3) is 34.7. The number of hydrogen-bond acceptors (Lipinski definition) is 12. The number of alkyl halides is 3. The maximum atomic E-state index is 11.9. The fourth-order valence-corrected chi connectivity index (χ4v) is 7.97. The van der Waals surface area contributed by atoms with E-state index in [9.17, 15) is 13.2 Å². The number of nitrogens with zero attached hydrogens (tertiary/aromatic N) is 4. The minimum Gasteiger partial charge on any atom is -0.497 e. The Hall–Kier alpha value is -9.49. The van der Waals surface area contributed by atoms with Crippen molar-refractivity contribution in [1.29, 1.82) is 5.26 Å². The molecule has 10 nitrogen and oxygen atoms in total. The normalized spacial score (nSPS) is 9.49. The van der Waals surface area contributed by atoms with Crippen molar-refractivity contribution in [1.82, 2.24) is 15.0 Å². The molecule has 0 bridgehead atoms. The number of benzene rings is 6. The molecule has 0 fully saturated rings. The zero-order valence-corrected chi connectivity index (χ0v) is 56.2. The molecule has 90 heavy (non-hydrogen) atoms. The van der Waals surface area contributed by atoms with E-state index in [4.69, 9.17) is 28.9 Å². The third-order valence-corrected chi connectivity index (χ3v) is 13.6. The van der Waals surface area contributed by atoms with E-state index in [2.05, 4.69) is 137 Å². The molecule has 0 spiro atoms. The first-order valence-electron chi connectivity index (χ1n) is 28.4. The van der Waals surface area contributed by atoms with Crippen LogP contribution >= 0.6 is 22.7 Å². The second-order valence-electron chi connectivity index (χ2n) is 19.7. The van der Waals surface area contributed by atoms with Gasteiger partial charge in [-0.15, -0.1) is 24.5 Å². The Kier molecular flexibility index (Phi) is 37.5. The number of hydrogen-bond donors (Lipinski definition) is 0. The van der Waals surface area contributed by atoms with E-state index in [1.54, 1.807) is 63.4 Å². The van der Waals surface area contributed by atoms with E-state index in [1.807, 2.05) is 156 Å². The first kappa shape index (κ1) is 76.6. The van der Waals surface area contributed by atoms with Gasteiger partial charge in [0.1, 0.15) is 34.5 Å². The van der Waals surface area contributed by atoms with Crippen LogP contribution in [0.1, 0.15) is 66.3 Å². The lowest BCUT2D eigenvalue weighted by molar-refractivity contribution is -0.274. The lowest BCUT2D eigenvalue weighted by Gasteiger charge is -2.12. The van der Waals surface area contributed by atoms with Crippen LogP contribution in [-0.2, 0) is 0 Å². The minimum atomic E-state index is -4.67. The first-order valence-corrected chi connectivity index (χ1v) is 30.2. The number of rotatable bonds is 6. The first-order chi connectivity index (χ1) is 43.0. The number of aromatic nitrogens is 3. The molecule has 474 valence electrons. The van der Waals surface area contributed by atoms with E-state index in [-0.39, 0.29) is 5.75 Å². The second kappa shape index (κ2) is 44.0. The number of ether oxygens (including phenoxy) is 6. The maximum absolute atomic E-state index is 11.9. The van der Waals surface area contributed by atoms with Gasteiger partial charge in [0.25, 0.3) is 0 Å². The van der Waals surface area contributed by atoms with Crippen LogP contribution < -0.4 is 28.4 Å². The SMILES string of the molecule is COc1ccc(C)c(OC(F)(F)F)c1.COc1ccc(C)c(OC)c1.COc1ccc(C)cc1.COc1ccc(C)nc1.Cc1ccc(C#N)cc1.Cc1ccc(C)nc1.Cc1cccc2cccnc12.Cc1ccccc1.Cc1cccs1.Cc1ccsc1. The van der Waals surface area contributed by atoms with Crippen LogP contribution in [0.4, 0.5) is 13.2 Å². The summed E-state index contributed by atoms with van der Waals surface area (Å²) in [5.74, 6) is 3.50. The molecule has 0 aliphatic heterocycles. The van der Waals surface area contributed by atoms with Crippen molar-refractivity contribution >= 4 is 33.6 Å². The molecule has 5 heterocycles. The highest BCUT2D eigenvalue weighted by Crippen LogP contribution is 2.29. The van der Waals surface area contributed by atoms with Crippen molar-refractivity contribution in [2.75, 3.05) is 35.5 Å². The van der Waals surface area contributed by atoms with Gasteiger partial charge in [-0.1, -0.05) is 120 Å². The Morgan fingerprint density at radius 2 is 0.922 bits per heavy atom. The number of aryl methyl sites for hydroxylation is 11. The standard InChI is InChI=1S/C10H9N.C9H9F3O2.C9H12O2.C8H7N.C8H10O.C7H9NO.C7H9N.C7H8.2C5H6S/c1-8-4-2-5-9-6-3-7-11-10(8)9;1-6-3-4-7(13-2)5-8(6)14-9(10,11)12;1-7-4-5-8(10-2)6-9(7)11-3;1-7-2-4-8(6-9)5-3-7;1-7-3-5-8(9-2)6-4-7;1-6-3-4-7(9-2)5-8-6;1-6-3-4-7(2)8-5-6;1-7-5-3-2-4-6-7;1-5-2-3-6-4-5;1-5-3-2-4-6-5/h2-7H,1H3;3-5H,1-2H3;4-6H,1-3H3;2-5H,1H3;3-6H,1-2H3;3-5H,1-2H3;3-5H,1-2H3;2-6H,1H3;2*2-4H,1H3. The zero-order valence-electron chi connectivity index (χ0n) is 54.6. The Labute approximate surface area is 540 Å². The van der Waals surface area contributed by atoms with Gasteiger partial charge < -0.3 is 28.4 Å². The monoisotopic (exact) mass is 1260 g/mol. The fraction of sp³-hybridized carbons (Fsp3) is 0.227. The zero-order chi connectivity index (χ0) is 66.7. The molecular weight excluding hydrogens is 1170 g/mol. The molecule has 0 aliphatic rings. The van der Waals surface area contributed by atoms with Gasteiger partial charge in [-0.25, -0.2) is 0 Å². The average Bonchev–Trinajstić information content (AvgIpc) is 1.56. The van der Waals surface area contributed by atoms with Gasteiger partial charge in [0, 0.05) is 46.2 Å². The average molecular weight is 1260 g/mol. The Morgan fingerprint density at radius 1 is 0.411 bits per heavy atom. The van der Waals surface area contributed by atoms with Crippen LogP contribution in [0, 0.1) is 87.5 Å². The molecule has 0 N–H and O–H groups in total. The molecule has 0 aliphatic carbocycles. The van der Waals surface area contributed by atoms with Gasteiger partial charge in [-0.2, -0.15) is 16.6 Å².